The normalized spacial score (nSPS) is 9.24. The van der Waals surface area contributed by atoms with Crippen LogP contribution in [0.1, 0.15) is 44.9 Å². The average Bonchev–Trinajstić information content (AvgIpc) is 2.41. The summed E-state index contributed by atoms with van der Waals surface area (Å²) in [6.07, 6.45) is 14.5. The lowest BCUT2D eigenvalue weighted by Gasteiger charge is -1.97. The lowest BCUT2D eigenvalue weighted by Crippen LogP contribution is -1.79. The van der Waals surface area contributed by atoms with Gasteiger partial charge in [-0.2, -0.15) is 0 Å². The summed E-state index contributed by atoms with van der Waals surface area (Å²) in [5.41, 5.74) is 0. The van der Waals surface area contributed by atoms with Gasteiger partial charge in [0.1, 0.15) is 0 Å². The number of hydrogen-bond donors (Lipinski definition) is 0. The van der Waals surface area contributed by atoms with Crippen LogP contribution in [-0.4, -0.2) is 10.9 Å². The Hall–Kier alpha value is -0.820. The van der Waals surface area contributed by atoms with E-state index < -0.39 is 0 Å². The Balaban J connectivity index is 0.000000354. The minimum Gasteiger partial charge on any atom is -0.265 e. The van der Waals surface area contributed by atoms with Gasteiger partial charge in [0.25, 0.3) is 0 Å². The van der Waals surface area contributed by atoms with Crippen LogP contribution in [0.5, 0.6) is 0 Å². The molecule has 0 unspecified atom stereocenters. The zero-order valence-corrected chi connectivity index (χ0v) is 11.4. The fraction of sp³-hybridized carbons (Fsp3) is 0.533. The average molecular weight is 254 g/mol. The van der Waals surface area contributed by atoms with Gasteiger partial charge >= 0.3 is 0 Å². The molecule has 0 aliphatic carbocycles. The molecule has 0 fully saturated rings. The summed E-state index contributed by atoms with van der Waals surface area (Å²) >= 11 is 5.55. The van der Waals surface area contributed by atoms with Crippen molar-refractivity contribution in [1.82, 2.24) is 4.98 Å². The molecule has 0 aliphatic heterocycles. The molecule has 1 aromatic rings. The summed E-state index contributed by atoms with van der Waals surface area (Å²) in [6.45, 7) is 3.69. The van der Waals surface area contributed by atoms with Gasteiger partial charge in [-0.15, -0.1) is 18.2 Å². The van der Waals surface area contributed by atoms with E-state index in [0.717, 1.165) is 5.88 Å². The van der Waals surface area contributed by atoms with Crippen molar-refractivity contribution in [2.24, 2.45) is 0 Å². The highest BCUT2D eigenvalue weighted by Crippen LogP contribution is 2.07. The molecular weight excluding hydrogens is 230 g/mol. The molecule has 1 aromatic heterocycles. The van der Waals surface area contributed by atoms with Crippen molar-refractivity contribution in [3.8, 4) is 0 Å². The minimum atomic E-state index is 0.826. The van der Waals surface area contributed by atoms with Gasteiger partial charge in [0.2, 0.25) is 0 Å². The maximum absolute atomic E-state index is 5.55. The molecule has 1 rings (SSSR count). The van der Waals surface area contributed by atoms with Crippen molar-refractivity contribution < 1.29 is 0 Å². The molecule has 2 heteroatoms. The fourth-order valence-electron chi connectivity index (χ4n) is 1.40. The lowest BCUT2D eigenvalue weighted by atomic mass is 10.1. The Morgan fingerprint density at radius 3 is 1.88 bits per heavy atom. The Bertz CT molecular complexity index is 209. The largest absolute Gasteiger partial charge is 0.265 e. The van der Waals surface area contributed by atoms with E-state index in [1.165, 1.54) is 44.9 Å². The van der Waals surface area contributed by atoms with Crippen LogP contribution < -0.4 is 0 Å². The van der Waals surface area contributed by atoms with Gasteiger partial charge in [-0.25, -0.2) is 0 Å². The molecule has 0 spiro atoms. The highest BCUT2D eigenvalue weighted by Gasteiger charge is 1.88. The highest BCUT2D eigenvalue weighted by atomic mass is 35.5. The topological polar surface area (TPSA) is 12.9 Å². The number of hydrogen-bond acceptors (Lipinski definition) is 1. The van der Waals surface area contributed by atoms with Gasteiger partial charge in [0, 0.05) is 18.3 Å². The first-order valence-corrected chi connectivity index (χ1v) is 6.97. The third kappa shape index (κ3) is 15.2. The van der Waals surface area contributed by atoms with Crippen molar-refractivity contribution in [2.45, 2.75) is 44.9 Å². The summed E-state index contributed by atoms with van der Waals surface area (Å²) in [4.78, 5) is 3.78. The van der Waals surface area contributed by atoms with Gasteiger partial charge in [-0.1, -0.05) is 37.8 Å². The van der Waals surface area contributed by atoms with E-state index >= 15 is 0 Å². The van der Waals surface area contributed by atoms with Crippen LogP contribution in [0, 0.1) is 0 Å². The molecule has 1 nitrogen and oxygen atoms in total. The van der Waals surface area contributed by atoms with Crippen LogP contribution in [-0.2, 0) is 0 Å². The van der Waals surface area contributed by atoms with Crippen LogP contribution in [0.25, 0.3) is 0 Å². The van der Waals surface area contributed by atoms with E-state index in [2.05, 4.69) is 11.6 Å². The molecule has 0 aliphatic rings. The zero-order valence-electron chi connectivity index (χ0n) is 10.7. The molecular formula is C15H24ClN. The molecule has 0 N–H and O–H groups in total. The Morgan fingerprint density at radius 2 is 1.47 bits per heavy atom. The molecule has 0 radical (unpaired) electrons. The molecule has 1 heterocycles. The number of nitrogens with zero attached hydrogens (tertiary/aromatic N) is 1. The standard InChI is InChI=1S/C10H19Cl.C5H5N/c1-2-3-4-5-6-7-8-9-10-11;1-2-4-6-5-3-1/h2H,1,3-10H2;1-5H. The van der Waals surface area contributed by atoms with Gasteiger partial charge in [-0.05, 0) is 31.4 Å². The maximum Gasteiger partial charge on any atom is 0.0267 e. The first-order chi connectivity index (χ1) is 8.41. The highest BCUT2D eigenvalue weighted by molar-refractivity contribution is 6.17. The lowest BCUT2D eigenvalue weighted by molar-refractivity contribution is 0.613. The molecule has 0 amide bonds. The summed E-state index contributed by atoms with van der Waals surface area (Å²) < 4.78 is 0. The Labute approximate surface area is 111 Å². The number of alkyl halides is 1. The number of aromatic nitrogens is 1. The van der Waals surface area contributed by atoms with E-state index in [1.807, 2.05) is 24.3 Å². The molecule has 0 saturated heterocycles. The van der Waals surface area contributed by atoms with E-state index in [-0.39, 0.29) is 0 Å². The summed E-state index contributed by atoms with van der Waals surface area (Å²) in [7, 11) is 0. The van der Waals surface area contributed by atoms with E-state index in [9.17, 15) is 0 Å². The zero-order chi connectivity index (χ0) is 12.6. The summed E-state index contributed by atoms with van der Waals surface area (Å²) in [5, 5.41) is 0. The van der Waals surface area contributed by atoms with Gasteiger partial charge in [0.15, 0.2) is 0 Å². The Kier molecular flexibility index (Phi) is 14.4. The predicted octanol–water partition coefficient (Wildman–Crippen LogP) is 5.22. The third-order valence-electron chi connectivity index (χ3n) is 2.36. The number of rotatable bonds is 8. The van der Waals surface area contributed by atoms with Crippen LogP contribution in [0.4, 0.5) is 0 Å². The minimum absolute atomic E-state index is 0.826. The first kappa shape index (κ1) is 16.2. The molecule has 0 saturated carbocycles. The molecule has 96 valence electrons. The predicted molar refractivity (Wildman–Crippen MR) is 77.5 cm³/mol. The number of halogens is 1. The first-order valence-electron chi connectivity index (χ1n) is 6.43. The number of allylic oxidation sites excluding steroid dienone is 1. The number of unbranched alkanes of at least 4 members (excludes halogenated alkanes) is 6. The monoisotopic (exact) mass is 253 g/mol. The molecule has 0 atom stereocenters. The van der Waals surface area contributed by atoms with Gasteiger partial charge in [-0.3, -0.25) is 4.98 Å². The van der Waals surface area contributed by atoms with Gasteiger partial charge in [0.05, 0.1) is 0 Å². The van der Waals surface area contributed by atoms with Crippen molar-refractivity contribution in [3.63, 3.8) is 0 Å². The fourth-order valence-corrected chi connectivity index (χ4v) is 1.59. The SMILES string of the molecule is C=CCCCCCCCCCl.c1ccncc1. The van der Waals surface area contributed by atoms with Crippen molar-refractivity contribution in [1.29, 1.82) is 0 Å². The quantitative estimate of drug-likeness (QED) is 0.351. The Morgan fingerprint density at radius 1 is 0.882 bits per heavy atom. The molecule has 0 bridgehead atoms. The maximum atomic E-state index is 5.55. The summed E-state index contributed by atoms with van der Waals surface area (Å²) in [6, 6.07) is 5.72. The van der Waals surface area contributed by atoms with Crippen LogP contribution in [0.15, 0.2) is 43.2 Å². The number of pyridine rings is 1. The second-order valence-corrected chi connectivity index (χ2v) is 4.29. The molecule has 0 aromatic carbocycles. The smallest absolute Gasteiger partial charge is 0.0267 e. The van der Waals surface area contributed by atoms with Crippen LogP contribution in [0.3, 0.4) is 0 Å². The van der Waals surface area contributed by atoms with E-state index in [0.29, 0.717) is 0 Å². The van der Waals surface area contributed by atoms with Gasteiger partial charge < -0.3 is 0 Å². The van der Waals surface area contributed by atoms with E-state index in [4.69, 9.17) is 11.6 Å². The summed E-state index contributed by atoms with van der Waals surface area (Å²) in [5.74, 6) is 0.826. The molecule has 17 heavy (non-hydrogen) atoms. The third-order valence-corrected chi connectivity index (χ3v) is 2.63. The van der Waals surface area contributed by atoms with Crippen molar-refractivity contribution in [2.75, 3.05) is 5.88 Å². The van der Waals surface area contributed by atoms with Crippen molar-refractivity contribution >= 4 is 11.6 Å². The second kappa shape index (κ2) is 15.2. The van der Waals surface area contributed by atoms with Crippen LogP contribution in [0.2, 0.25) is 0 Å². The second-order valence-electron chi connectivity index (χ2n) is 3.91. The van der Waals surface area contributed by atoms with Crippen LogP contribution >= 0.6 is 11.6 Å². The van der Waals surface area contributed by atoms with E-state index in [1.54, 1.807) is 12.4 Å². The van der Waals surface area contributed by atoms with Crippen molar-refractivity contribution in [3.05, 3.63) is 43.2 Å².